The Labute approximate surface area is 238 Å². The molecule has 0 atom stereocenters. The second kappa shape index (κ2) is 13.8. The van der Waals surface area contributed by atoms with E-state index in [-0.39, 0.29) is 33.5 Å². The monoisotopic (exact) mass is 568 g/mol. The molecule has 40 heavy (non-hydrogen) atoms. The molecule has 214 valence electrons. The topological polar surface area (TPSA) is 112 Å². The van der Waals surface area contributed by atoms with Gasteiger partial charge in [0.05, 0.1) is 36.9 Å². The minimum absolute atomic E-state index is 0.131. The second-order valence-corrected chi connectivity index (χ2v) is 9.83. The highest BCUT2D eigenvalue weighted by molar-refractivity contribution is 7.19. The van der Waals surface area contributed by atoms with Gasteiger partial charge in [0, 0.05) is 11.3 Å². The Hall–Kier alpha value is -4.05. The average molecular weight is 569 g/mol. The molecule has 2 aromatic carbocycles. The van der Waals surface area contributed by atoms with Crippen molar-refractivity contribution in [2.75, 3.05) is 37.1 Å². The van der Waals surface area contributed by atoms with Gasteiger partial charge >= 0.3 is 5.97 Å². The third-order valence-electron chi connectivity index (χ3n) is 5.86. The molecule has 2 amide bonds. The normalized spacial score (nSPS) is 10.6. The van der Waals surface area contributed by atoms with E-state index in [1.54, 1.807) is 26.0 Å². The van der Waals surface area contributed by atoms with Gasteiger partial charge in [-0.05, 0) is 77.8 Å². The van der Waals surface area contributed by atoms with Crippen LogP contribution in [-0.2, 0) is 4.74 Å². The standard InChI is InChI=1S/C30H36N2O7S/c1-8-36-22-15-20(16-23(37-9-2)25(22)38-10-3)27(33)32-29-24(30(35)39-11-4)19(7)26(40-29)28(34)31-21-13-12-17(5)14-18(21)6/h12-16H,8-11H2,1-7H3,(H,31,34)(H,32,33). The van der Waals surface area contributed by atoms with Crippen LogP contribution in [0.15, 0.2) is 30.3 Å². The van der Waals surface area contributed by atoms with E-state index in [0.717, 1.165) is 22.5 Å². The van der Waals surface area contributed by atoms with Gasteiger partial charge in [0.2, 0.25) is 5.75 Å². The molecule has 0 radical (unpaired) electrons. The lowest BCUT2D eigenvalue weighted by molar-refractivity contribution is 0.0527. The van der Waals surface area contributed by atoms with Crippen LogP contribution in [-0.4, -0.2) is 44.2 Å². The van der Waals surface area contributed by atoms with E-state index in [1.165, 1.54) is 0 Å². The molecule has 0 saturated heterocycles. The molecule has 0 aliphatic rings. The highest BCUT2D eigenvalue weighted by Crippen LogP contribution is 2.40. The smallest absolute Gasteiger partial charge is 0.341 e. The minimum Gasteiger partial charge on any atom is -0.490 e. The molecule has 0 aliphatic heterocycles. The number of anilines is 2. The Morgan fingerprint density at radius 2 is 1.40 bits per heavy atom. The molecule has 0 aliphatic carbocycles. The van der Waals surface area contributed by atoms with E-state index in [4.69, 9.17) is 18.9 Å². The third-order valence-corrected chi connectivity index (χ3v) is 7.07. The van der Waals surface area contributed by atoms with Crippen molar-refractivity contribution in [1.82, 2.24) is 0 Å². The largest absolute Gasteiger partial charge is 0.490 e. The van der Waals surface area contributed by atoms with Crippen LogP contribution < -0.4 is 24.8 Å². The molecule has 0 saturated carbocycles. The van der Waals surface area contributed by atoms with E-state index < -0.39 is 11.9 Å². The third kappa shape index (κ3) is 6.93. The maximum Gasteiger partial charge on any atom is 0.341 e. The highest BCUT2D eigenvalue weighted by Gasteiger charge is 2.28. The summed E-state index contributed by atoms with van der Waals surface area (Å²) in [6.45, 7) is 14.0. The Bertz CT molecular complexity index is 1370. The fourth-order valence-corrected chi connectivity index (χ4v) is 5.18. The maximum atomic E-state index is 13.5. The SMILES string of the molecule is CCOC(=O)c1c(NC(=O)c2cc(OCC)c(OCC)c(OCC)c2)sc(C(=O)Nc2ccc(C)cc2C)c1C. The lowest BCUT2D eigenvalue weighted by atomic mass is 10.1. The number of benzene rings is 2. The zero-order valence-corrected chi connectivity index (χ0v) is 24.8. The van der Waals surface area contributed by atoms with Crippen molar-refractivity contribution in [3.8, 4) is 17.2 Å². The molecule has 1 heterocycles. The number of hydrogen-bond donors (Lipinski definition) is 2. The van der Waals surface area contributed by atoms with E-state index in [2.05, 4.69) is 10.6 Å². The fourth-order valence-electron chi connectivity index (χ4n) is 4.10. The van der Waals surface area contributed by atoms with E-state index in [1.807, 2.05) is 52.8 Å². The van der Waals surface area contributed by atoms with Crippen molar-refractivity contribution in [2.45, 2.75) is 48.5 Å². The molecule has 3 aromatic rings. The summed E-state index contributed by atoms with van der Waals surface area (Å²) in [6, 6.07) is 8.83. The van der Waals surface area contributed by atoms with Crippen molar-refractivity contribution in [2.24, 2.45) is 0 Å². The van der Waals surface area contributed by atoms with Crippen LogP contribution >= 0.6 is 11.3 Å². The van der Waals surface area contributed by atoms with E-state index in [0.29, 0.717) is 48.3 Å². The van der Waals surface area contributed by atoms with Crippen molar-refractivity contribution in [3.05, 3.63) is 63.0 Å². The molecule has 2 N–H and O–H groups in total. The van der Waals surface area contributed by atoms with Crippen LogP contribution in [0.5, 0.6) is 17.2 Å². The average Bonchev–Trinajstić information content (AvgIpc) is 3.23. The molecule has 0 unspecified atom stereocenters. The second-order valence-electron chi connectivity index (χ2n) is 8.81. The molecule has 10 heteroatoms. The summed E-state index contributed by atoms with van der Waals surface area (Å²) in [5.41, 5.74) is 3.43. The predicted molar refractivity (Wildman–Crippen MR) is 157 cm³/mol. The summed E-state index contributed by atoms with van der Waals surface area (Å²) < 4.78 is 22.4. The number of carbonyl (C=O) groups is 3. The molecular weight excluding hydrogens is 532 g/mol. The number of nitrogens with one attached hydrogen (secondary N) is 2. The Kier molecular flexibility index (Phi) is 10.6. The number of ether oxygens (including phenoxy) is 4. The molecule has 0 fully saturated rings. The van der Waals surface area contributed by atoms with Gasteiger partial charge in [-0.25, -0.2) is 4.79 Å². The lowest BCUT2D eigenvalue weighted by Gasteiger charge is -2.17. The van der Waals surface area contributed by atoms with Crippen molar-refractivity contribution >= 4 is 39.8 Å². The number of esters is 1. The van der Waals surface area contributed by atoms with E-state index in [9.17, 15) is 14.4 Å². The first-order chi connectivity index (χ1) is 19.1. The summed E-state index contributed by atoms with van der Waals surface area (Å²) in [5, 5.41) is 5.92. The number of carbonyl (C=O) groups excluding carboxylic acids is 3. The number of rotatable bonds is 12. The molecule has 0 spiro atoms. The van der Waals surface area contributed by atoms with Gasteiger partial charge in [-0.15, -0.1) is 11.3 Å². The number of thiophene rings is 1. The summed E-state index contributed by atoms with van der Waals surface area (Å²) in [6.07, 6.45) is 0. The maximum absolute atomic E-state index is 13.5. The predicted octanol–water partition coefficient (Wildman–Crippen LogP) is 6.55. The van der Waals surface area contributed by atoms with Gasteiger partial charge in [0.1, 0.15) is 5.00 Å². The first-order valence-electron chi connectivity index (χ1n) is 13.2. The quantitative estimate of drug-likeness (QED) is 0.238. The van der Waals surface area contributed by atoms with Crippen molar-refractivity contribution in [1.29, 1.82) is 0 Å². The Balaban J connectivity index is 2.01. The van der Waals surface area contributed by atoms with Crippen LogP contribution in [0.3, 0.4) is 0 Å². The fraction of sp³-hybridized carbons (Fsp3) is 0.367. The zero-order valence-electron chi connectivity index (χ0n) is 24.0. The van der Waals surface area contributed by atoms with Crippen LogP contribution in [0.1, 0.15) is 74.8 Å². The number of aryl methyl sites for hydroxylation is 2. The molecular formula is C30H36N2O7S. The van der Waals surface area contributed by atoms with Crippen LogP contribution in [0.25, 0.3) is 0 Å². The number of hydrogen-bond acceptors (Lipinski definition) is 8. The van der Waals surface area contributed by atoms with Crippen LogP contribution in [0.4, 0.5) is 10.7 Å². The summed E-state index contributed by atoms with van der Waals surface area (Å²) in [7, 11) is 0. The first kappa shape index (κ1) is 30.5. The first-order valence-corrected chi connectivity index (χ1v) is 14.0. The molecule has 3 rings (SSSR count). The Morgan fingerprint density at radius 1 is 0.775 bits per heavy atom. The van der Waals surface area contributed by atoms with Gasteiger partial charge in [-0.1, -0.05) is 17.7 Å². The van der Waals surface area contributed by atoms with E-state index >= 15 is 0 Å². The molecule has 1 aromatic heterocycles. The van der Waals surface area contributed by atoms with Gasteiger partial charge in [-0.2, -0.15) is 0 Å². The van der Waals surface area contributed by atoms with Gasteiger partial charge in [0.25, 0.3) is 11.8 Å². The summed E-state index contributed by atoms with van der Waals surface area (Å²) >= 11 is 1.01. The minimum atomic E-state index is -0.631. The molecule has 0 bridgehead atoms. The van der Waals surface area contributed by atoms with Crippen LogP contribution in [0.2, 0.25) is 0 Å². The van der Waals surface area contributed by atoms with Gasteiger partial charge < -0.3 is 29.6 Å². The molecule has 9 nitrogen and oxygen atoms in total. The summed E-state index contributed by atoms with van der Waals surface area (Å²) in [5.74, 6) is -0.401. The van der Waals surface area contributed by atoms with Gasteiger partial charge in [-0.3, -0.25) is 9.59 Å². The number of amides is 2. The van der Waals surface area contributed by atoms with Gasteiger partial charge in [0.15, 0.2) is 11.5 Å². The zero-order chi connectivity index (χ0) is 29.4. The van der Waals surface area contributed by atoms with Crippen molar-refractivity contribution < 1.29 is 33.3 Å². The van der Waals surface area contributed by atoms with Crippen LogP contribution in [0, 0.1) is 20.8 Å². The van der Waals surface area contributed by atoms with Crippen molar-refractivity contribution in [3.63, 3.8) is 0 Å². The summed E-state index contributed by atoms with van der Waals surface area (Å²) in [4.78, 5) is 40.0. The lowest BCUT2D eigenvalue weighted by Crippen LogP contribution is -2.16. The highest BCUT2D eigenvalue weighted by atomic mass is 32.1. The Morgan fingerprint density at radius 3 is 1.95 bits per heavy atom.